The zero-order valence-corrected chi connectivity index (χ0v) is 16.9. The summed E-state index contributed by atoms with van der Waals surface area (Å²) in [6, 6.07) is 6.19. The van der Waals surface area contributed by atoms with Crippen LogP contribution in [0.15, 0.2) is 23.1 Å². The number of carbonyl (C=O) groups is 1. The number of rotatable bonds is 6. The van der Waals surface area contributed by atoms with E-state index in [0.29, 0.717) is 13.2 Å². The van der Waals surface area contributed by atoms with E-state index in [0.717, 1.165) is 56.3 Å². The second kappa shape index (κ2) is 8.74. The van der Waals surface area contributed by atoms with Crippen LogP contribution in [-0.4, -0.2) is 75.1 Å². The van der Waals surface area contributed by atoms with Crippen molar-refractivity contribution in [2.45, 2.75) is 30.7 Å². The Balaban J connectivity index is 1.86. The molecule has 0 radical (unpaired) electrons. The van der Waals surface area contributed by atoms with Gasteiger partial charge in [0.05, 0.1) is 37.7 Å². The molecule has 0 aromatic heterocycles. The average molecular weight is 379 g/mol. The third kappa shape index (κ3) is 3.93. The minimum atomic E-state index is -0.472. The molecule has 1 unspecified atom stereocenters. The van der Waals surface area contributed by atoms with E-state index in [1.54, 1.807) is 11.8 Å². The van der Waals surface area contributed by atoms with Gasteiger partial charge < -0.3 is 14.4 Å². The number of anilines is 1. The van der Waals surface area contributed by atoms with E-state index in [4.69, 9.17) is 9.47 Å². The maximum absolute atomic E-state index is 13.4. The summed E-state index contributed by atoms with van der Waals surface area (Å²) >= 11 is 1.71. The monoisotopic (exact) mass is 378 g/mol. The van der Waals surface area contributed by atoms with Crippen LogP contribution in [0.2, 0.25) is 0 Å². The maximum atomic E-state index is 13.4. The van der Waals surface area contributed by atoms with Gasteiger partial charge in [-0.15, -0.1) is 11.8 Å². The first-order chi connectivity index (χ1) is 12.6. The van der Waals surface area contributed by atoms with Crippen molar-refractivity contribution in [2.24, 2.45) is 0 Å². The standard InChI is InChI=1S/C20H30N2O3S/c1-4-20(2,22-9-13-25-14-10-22)19(23)16-5-6-17(18(15-16)26-3)21-7-11-24-12-8-21/h5-6,15H,4,7-14H2,1-3H3. The molecule has 2 aliphatic rings. The summed E-state index contributed by atoms with van der Waals surface area (Å²) < 4.78 is 10.9. The first-order valence-corrected chi connectivity index (χ1v) is 10.7. The molecule has 2 saturated heterocycles. The van der Waals surface area contributed by atoms with E-state index in [9.17, 15) is 4.79 Å². The molecule has 3 rings (SSSR count). The minimum absolute atomic E-state index is 0.214. The number of benzene rings is 1. The lowest BCUT2D eigenvalue weighted by Gasteiger charge is -2.41. The molecule has 0 spiro atoms. The quantitative estimate of drug-likeness (QED) is 0.560. The molecular formula is C20H30N2O3S. The predicted octanol–water partition coefficient (Wildman–Crippen LogP) is 2.93. The van der Waals surface area contributed by atoms with Crippen molar-refractivity contribution in [1.82, 2.24) is 4.90 Å². The normalized spacial score (nSPS) is 21.4. The first-order valence-electron chi connectivity index (χ1n) is 9.48. The molecule has 144 valence electrons. The van der Waals surface area contributed by atoms with Gasteiger partial charge in [-0.25, -0.2) is 0 Å². The molecule has 6 heteroatoms. The predicted molar refractivity (Wildman–Crippen MR) is 107 cm³/mol. The highest BCUT2D eigenvalue weighted by molar-refractivity contribution is 7.98. The van der Waals surface area contributed by atoms with Crippen molar-refractivity contribution in [3.8, 4) is 0 Å². The summed E-state index contributed by atoms with van der Waals surface area (Å²) in [5.41, 5.74) is 1.55. The fourth-order valence-electron chi connectivity index (χ4n) is 3.78. The van der Waals surface area contributed by atoms with E-state index in [2.05, 4.69) is 42.0 Å². The van der Waals surface area contributed by atoms with Crippen molar-refractivity contribution in [1.29, 1.82) is 0 Å². The molecule has 0 N–H and O–H groups in total. The molecule has 0 amide bonds. The van der Waals surface area contributed by atoms with E-state index in [1.807, 2.05) is 6.07 Å². The molecule has 1 atom stereocenters. The number of ketones is 1. The van der Waals surface area contributed by atoms with Gasteiger partial charge in [-0.2, -0.15) is 0 Å². The van der Waals surface area contributed by atoms with E-state index < -0.39 is 5.54 Å². The van der Waals surface area contributed by atoms with Gasteiger partial charge in [-0.05, 0) is 37.8 Å². The second-order valence-corrected chi connectivity index (χ2v) is 7.89. The lowest BCUT2D eigenvalue weighted by molar-refractivity contribution is -0.0106. The maximum Gasteiger partial charge on any atom is 0.182 e. The van der Waals surface area contributed by atoms with Crippen LogP contribution >= 0.6 is 11.8 Å². The van der Waals surface area contributed by atoms with Gasteiger partial charge in [0.25, 0.3) is 0 Å². The molecular weight excluding hydrogens is 348 g/mol. The Bertz CT molecular complexity index is 627. The topological polar surface area (TPSA) is 42.0 Å². The van der Waals surface area contributed by atoms with Gasteiger partial charge >= 0.3 is 0 Å². The molecule has 0 bridgehead atoms. The Hall–Kier alpha value is -1.08. The number of morpholine rings is 2. The Morgan fingerprint density at radius 2 is 1.73 bits per heavy atom. The Labute approximate surface area is 161 Å². The summed E-state index contributed by atoms with van der Waals surface area (Å²) in [5, 5.41) is 0. The number of thioether (sulfide) groups is 1. The van der Waals surface area contributed by atoms with Crippen LogP contribution in [0.25, 0.3) is 0 Å². The molecule has 2 aliphatic heterocycles. The van der Waals surface area contributed by atoms with Crippen LogP contribution in [0.4, 0.5) is 5.69 Å². The van der Waals surface area contributed by atoms with Crippen molar-refractivity contribution >= 4 is 23.2 Å². The lowest BCUT2D eigenvalue weighted by atomic mass is 9.86. The molecule has 26 heavy (non-hydrogen) atoms. The van der Waals surface area contributed by atoms with Crippen LogP contribution < -0.4 is 4.90 Å². The summed E-state index contributed by atoms with van der Waals surface area (Å²) in [7, 11) is 0. The van der Waals surface area contributed by atoms with Crippen LogP contribution in [0, 0.1) is 0 Å². The van der Waals surface area contributed by atoms with Crippen LogP contribution in [-0.2, 0) is 9.47 Å². The van der Waals surface area contributed by atoms with E-state index in [-0.39, 0.29) is 5.78 Å². The smallest absolute Gasteiger partial charge is 0.182 e. The highest BCUT2D eigenvalue weighted by Gasteiger charge is 2.39. The molecule has 0 aliphatic carbocycles. The third-order valence-electron chi connectivity index (χ3n) is 5.68. The number of nitrogens with zero attached hydrogens (tertiary/aromatic N) is 2. The van der Waals surface area contributed by atoms with Crippen molar-refractivity contribution in [3.63, 3.8) is 0 Å². The highest BCUT2D eigenvalue weighted by atomic mass is 32.2. The van der Waals surface area contributed by atoms with Crippen LogP contribution in [0.3, 0.4) is 0 Å². The summed E-state index contributed by atoms with van der Waals surface area (Å²) in [5.74, 6) is 0.214. The summed E-state index contributed by atoms with van der Waals surface area (Å²) in [4.78, 5) is 19.2. The van der Waals surface area contributed by atoms with Gasteiger partial charge in [0, 0.05) is 36.6 Å². The molecule has 1 aromatic carbocycles. The molecule has 0 saturated carbocycles. The number of hydrogen-bond acceptors (Lipinski definition) is 6. The summed E-state index contributed by atoms with van der Waals surface area (Å²) in [6.45, 7) is 10.6. The fraction of sp³-hybridized carbons (Fsp3) is 0.650. The minimum Gasteiger partial charge on any atom is -0.379 e. The van der Waals surface area contributed by atoms with Crippen molar-refractivity contribution in [2.75, 3.05) is 63.8 Å². The van der Waals surface area contributed by atoms with Crippen molar-refractivity contribution in [3.05, 3.63) is 23.8 Å². The highest BCUT2D eigenvalue weighted by Crippen LogP contribution is 2.33. The van der Waals surface area contributed by atoms with Gasteiger partial charge in [0.2, 0.25) is 0 Å². The number of ether oxygens (including phenoxy) is 2. The lowest BCUT2D eigenvalue weighted by Crippen LogP contribution is -2.56. The van der Waals surface area contributed by atoms with Gasteiger partial charge in [0.15, 0.2) is 5.78 Å². The average Bonchev–Trinajstić information content (AvgIpc) is 2.73. The molecule has 2 fully saturated rings. The first kappa shape index (κ1) is 19.7. The van der Waals surface area contributed by atoms with Crippen LogP contribution in [0.5, 0.6) is 0 Å². The largest absolute Gasteiger partial charge is 0.379 e. The Morgan fingerprint density at radius 3 is 2.31 bits per heavy atom. The Morgan fingerprint density at radius 1 is 1.12 bits per heavy atom. The van der Waals surface area contributed by atoms with E-state index >= 15 is 0 Å². The molecule has 2 heterocycles. The SMILES string of the molecule is CCC(C)(C(=O)c1ccc(N2CCOCC2)c(SC)c1)N1CCOCC1. The summed E-state index contributed by atoms with van der Waals surface area (Å²) in [6.07, 6.45) is 2.88. The fourth-order valence-corrected chi connectivity index (χ4v) is 4.43. The van der Waals surface area contributed by atoms with Gasteiger partial charge in [0.1, 0.15) is 0 Å². The zero-order valence-electron chi connectivity index (χ0n) is 16.1. The number of hydrogen-bond donors (Lipinski definition) is 0. The van der Waals surface area contributed by atoms with Gasteiger partial charge in [-0.3, -0.25) is 9.69 Å². The van der Waals surface area contributed by atoms with Gasteiger partial charge in [-0.1, -0.05) is 6.92 Å². The second-order valence-electron chi connectivity index (χ2n) is 7.04. The number of Topliss-reactive ketones (excluding diaryl/α,β-unsaturated/α-hetero) is 1. The Kier molecular flexibility index (Phi) is 6.61. The van der Waals surface area contributed by atoms with Crippen LogP contribution in [0.1, 0.15) is 30.6 Å². The number of carbonyl (C=O) groups excluding carboxylic acids is 1. The molecule has 1 aromatic rings. The molecule has 5 nitrogen and oxygen atoms in total. The third-order valence-corrected chi connectivity index (χ3v) is 6.45. The van der Waals surface area contributed by atoms with E-state index in [1.165, 1.54) is 5.69 Å². The van der Waals surface area contributed by atoms with Crippen molar-refractivity contribution < 1.29 is 14.3 Å². The zero-order chi connectivity index (χ0) is 18.6.